The lowest BCUT2D eigenvalue weighted by Gasteiger charge is -2.02. The zero-order valence-corrected chi connectivity index (χ0v) is 9.40. The molecule has 0 unspecified atom stereocenters. The third-order valence-corrected chi connectivity index (χ3v) is 2.61. The SMILES string of the molecule is Cn1cc(CC#N)c2cc(NC(N)=O)ccc21. The van der Waals surface area contributed by atoms with Crippen molar-refractivity contribution in [2.24, 2.45) is 12.8 Å². The van der Waals surface area contributed by atoms with Crippen molar-refractivity contribution in [3.05, 3.63) is 30.0 Å². The van der Waals surface area contributed by atoms with Gasteiger partial charge in [-0.15, -0.1) is 0 Å². The molecule has 3 N–H and O–H groups in total. The monoisotopic (exact) mass is 228 g/mol. The summed E-state index contributed by atoms with van der Waals surface area (Å²) in [5.74, 6) is 0. The zero-order chi connectivity index (χ0) is 12.4. The predicted octanol–water partition coefficient (Wildman–Crippen LogP) is 1.73. The molecule has 0 spiro atoms. The Balaban J connectivity index is 2.54. The van der Waals surface area contributed by atoms with Gasteiger partial charge < -0.3 is 15.6 Å². The molecule has 5 heteroatoms. The Hall–Kier alpha value is -2.48. The number of nitriles is 1. The van der Waals surface area contributed by atoms with Crippen LogP contribution in [0.1, 0.15) is 5.56 Å². The third kappa shape index (κ3) is 2.06. The van der Waals surface area contributed by atoms with Crippen LogP contribution in [-0.4, -0.2) is 10.6 Å². The number of aromatic nitrogens is 1. The highest BCUT2D eigenvalue weighted by Gasteiger charge is 2.07. The minimum Gasteiger partial charge on any atom is -0.351 e. The van der Waals surface area contributed by atoms with E-state index in [0.717, 1.165) is 16.5 Å². The first-order chi connectivity index (χ1) is 8.11. The van der Waals surface area contributed by atoms with Crippen molar-refractivity contribution in [1.82, 2.24) is 4.57 Å². The van der Waals surface area contributed by atoms with Crippen LogP contribution in [0.5, 0.6) is 0 Å². The van der Waals surface area contributed by atoms with Crippen molar-refractivity contribution in [1.29, 1.82) is 5.26 Å². The fourth-order valence-corrected chi connectivity index (χ4v) is 1.92. The van der Waals surface area contributed by atoms with Gasteiger partial charge in [-0.2, -0.15) is 5.26 Å². The smallest absolute Gasteiger partial charge is 0.316 e. The van der Waals surface area contributed by atoms with Crippen molar-refractivity contribution in [3.8, 4) is 6.07 Å². The summed E-state index contributed by atoms with van der Waals surface area (Å²) in [7, 11) is 1.92. The molecule has 5 nitrogen and oxygen atoms in total. The first kappa shape index (κ1) is 11.0. The van der Waals surface area contributed by atoms with Crippen LogP contribution in [0.25, 0.3) is 10.9 Å². The summed E-state index contributed by atoms with van der Waals surface area (Å²) in [6, 6.07) is 7.03. The second kappa shape index (κ2) is 4.18. The normalized spacial score (nSPS) is 10.1. The maximum atomic E-state index is 10.8. The van der Waals surface area contributed by atoms with Crippen molar-refractivity contribution in [2.45, 2.75) is 6.42 Å². The lowest BCUT2D eigenvalue weighted by molar-refractivity contribution is 0.259. The molecule has 17 heavy (non-hydrogen) atoms. The van der Waals surface area contributed by atoms with Crippen LogP contribution in [-0.2, 0) is 13.5 Å². The summed E-state index contributed by atoms with van der Waals surface area (Å²) < 4.78 is 1.95. The molecule has 1 heterocycles. The van der Waals surface area contributed by atoms with E-state index in [2.05, 4.69) is 11.4 Å². The van der Waals surface area contributed by atoms with Gasteiger partial charge >= 0.3 is 6.03 Å². The fraction of sp³-hybridized carbons (Fsp3) is 0.167. The van der Waals surface area contributed by atoms with Crippen LogP contribution in [0.2, 0.25) is 0 Å². The zero-order valence-electron chi connectivity index (χ0n) is 9.40. The molecule has 0 fully saturated rings. The molecular formula is C12H12N4O. The number of amides is 2. The molecule has 1 aromatic heterocycles. The number of nitrogens with zero attached hydrogens (tertiary/aromatic N) is 2. The number of benzene rings is 1. The van der Waals surface area contributed by atoms with E-state index in [9.17, 15) is 4.79 Å². The van der Waals surface area contributed by atoms with Crippen molar-refractivity contribution in [3.63, 3.8) is 0 Å². The molecule has 0 saturated carbocycles. The van der Waals surface area contributed by atoms with Gasteiger partial charge in [0.25, 0.3) is 0 Å². The Labute approximate surface area is 98.4 Å². The van der Waals surface area contributed by atoms with E-state index >= 15 is 0 Å². The predicted molar refractivity (Wildman–Crippen MR) is 65.4 cm³/mol. The van der Waals surface area contributed by atoms with Crippen molar-refractivity contribution >= 4 is 22.6 Å². The molecular weight excluding hydrogens is 216 g/mol. The van der Waals surface area contributed by atoms with Gasteiger partial charge in [0.15, 0.2) is 0 Å². The second-order valence-corrected chi connectivity index (χ2v) is 3.82. The molecule has 0 radical (unpaired) electrons. The Kier molecular flexibility index (Phi) is 2.71. The largest absolute Gasteiger partial charge is 0.351 e. The van der Waals surface area contributed by atoms with Crippen LogP contribution < -0.4 is 11.1 Å². The number of carbonyl (C=O) groups is 1. The molecule has 1 aromatic carbocycles. The molecule has 2 aromatic rings. The van der Waals surface area contributed by atoms with Gasteiger partial charge in [-0.05, 0) is 23.8 Å². The van der Waals surface area contributed by atoms with Gasteiger partial charge in [0.05, 0.1) is 12.5 Å². The third-order valence-electron chi connectivity index (χ3n) is 2.61. The summed E-state index contributed by atoms with van der Waals surface area (Å²) in [5.41, 5.74) is 7.66. The van der Waals surface area contributed by atoms with Gasteiger partial charge in [-0.3, -0.25) is 0 Å². The van der Waals surface area contributed by atoms with Gasteiger partial charge in [-0.1, -0.05) is 0 Å². The van der Waals surface area contributed by atoms with Crippen molar-refractivity contribution in [2.75, 3.05) is 5.32 Å². The van der Waals surface area contributed by atoms with Crippen molar-refractivity contribution < 1.29 is 4.79 Å². The standard InChI is InChI=1S/C12H12N4O/c1-16-7-8(4-5-13)10-6-9(15-12(14)17)2-3-11(10)16/h2-3,6-7H,4H2,1H3,(H3,14,15,17). The van der Waals surface area contributed by atoms with Gasteiger partial charge in [0.2, 0.25) is 0 Å². The van der Waals surface area contributed by atoms with Crippen LogP contribution in [0, 0.1) is 11.3 Å². The number of primary amides is 1. The number of hydrogen-bond acceptors (Lipinski definition) is 2. The van der Waals surface area contributed by atoms with E-state index in [4.69, 9.17) is 11.0 Å². The summed E-state index contributed by atoms with van der Waals surface area (Å²) >= 11 is 0. The van der Waals surface area contributed by atoms with E-state index in [1.165, 1.54) is 0 Å². The molecule has 0 atom stereocenters. The highest BCUT2D eigenvalue weighted by Crippen LogP contribution is 2.24. The molecule has 0 bridgehead atoms. The number of nitrogens with one attached hydrogen (secondary N) is 1. The van der Waals surface area contributed by atoms with Gasteiger partial charge in [0.1, 0.15) is 0 Å². The number of hydrogen-bond donors (Lipinski definition) is 2. The van der Waals surface area contributed by atoms with Crippen LogP contribution in [0.4, 0.5) is 10.5 Å². The lowest BCUT2D eigenvalue weighted by atomic mass is 10.1. The van der Waals surface area contributed by atoms with Gasteiger partial charge in [0, 0.05) is 29.8 Å². The molecule has 86 valence electrons. The Bertz CT molecular complexity index is 621. The van der Waals surface area contributed by atoms with Crippen LogP contribution in [0.3, 0.4) is 0 Å². The van der Waals surface area contributed by atoms with Gasteiger partial charge in [-0.25, -0.2) is 4.79 Å². The quantitative estimate of drug-likeness (QED) is 0.820. The maximum Gasteiger partial charge on any atom is 0.316 e. The molecule has 0 aliphatic heterocycles. The second-order valence-electron chi connectivity index (χ2n) is 3.82. The molecule has 2 rings (SSSR count). The number of aryl methyl sites for hydroxylation is 1. The average Bonchev–Trinajstić information content (AvgIpc) is 2.55. The van der Waals surface area contributed by atoms with Crippen LogP contribution >= 0.6 is 0 Å². The first-order valence-corrected chi connectivity index (χ1v) is 5.13. The number of carbonyl (C=O) groups excluding carboxylic acids is 1. The summed E-state index contributed by atoms with van der Waals surface area (Å²) in [4.78, 5) is 10.8. The summed E-state index contributed by atoms with van der Waals surface area (Å²) in [6.45, 7) is 0. The van der Waals surface area contributed by atoms with E-state index in [1.807, 2.05) is 29.9 Å². The molecule has 2 amide bonds. The Morgan fingerprint density at radius 2 is 2.35 bits per heavy atom. The Morgan fingerprint density at radius 1 is 1.59 bits per heavy atom. The average molecular weight is 228 g/mol. The minimum absolute atomic E-state index is 0.345. The van der Waals surface area contributed by atoms with E-state index in [0.29, 0.717) is 12.1 Å². The van der Waals surface area contributed by atoms with E-state index < -0.39 is 6.03 Å². The lowest BCUT2D eigenvalue weighted by Crippen LogP contribution is -2.19. The van der Waals surface area contributed by atoms with E-state index in [-0.39, 0.29) is 0 Å². The topological polar surface area (TPSA) is 83.8 Å². The molecule has 0 saturated heterocycles. The summed E-state index contributed by atoms with van der Waals surface area (Å²) in [5, 5.41) is 12.2. The number of fused-ring (bicyclic) bond motifs is 1. The number of nitrogens with two attached hydrogens (primary N) is 1. The first-order valence-electron chi connectivity index (χ1n) is 5.13. The fourth-order valence-electron chi connectivity index (χ4n) is 1.92. The molecule has 0 aliphatic rings. The molecule has 0 aliphatic carbocycles. The number of anilines is 1. The number of urea groups is 1. The van der Waals surface area contributed by atoms with E-state index in [1.54, 1.807) is 6.07 Å². The highest BCUT2D eigenvalue weighted by atomic mass is 16.2. The Morgan fingerprint density at radius 3 is 3.00 bits per heavy atom. The summed E-state index contributed by atoms with van der Waals surface area (Å²) in [6.07, 6.45) is 2.26. The minimum atomic E-state index is -0.595. The maximum absolute atomic E-state index is 10.8. The van der Waals surface area contributed by atoms with Crippen LogP contribution in [0.15, 0.2) is 24.4 Å². The highest BCUT2D eigenvalue weighted by molar-refractivity contribution is 5.93. The number of rotatable bonds is 2.